The van der Waals surface area contributed by atoms with E-state index >= 15 is 0 Å². The molecule has 0 amide bonds. The van der Waals surface area contributed by atoms with Gasteiger partial charge in [0.05, 0.1) is 6.61 Å². The van der Waals surface area contributed by atoms with Crippen molar-refractivity contribution < 1.29 is 56.8 Å². The molecule has 1 aliphatic rings. The number of esters is 2. The van der Waals surface area contributed by atoms with Crippen molar-refractivity contribution in [3.05, 3.63) is 48.6 Å². The first kappa shape index (κ1) is 49.6. The highest BCUT2D eigenvalue weighted by atomic mass is 32.2. The van der Waals surface area contributed by atoms with Crippen molar-refractivity contribution in [2.45, 2.75) is 179 Å². The van der Waals surface area contributed by atoms with Crippen LogP contribution in [0.3, 0.4) is 0 Å². The summed E-state index contributed by atoms with van der Waals surface area (Å²) < 4.78 is 53.8. The Kier molecular flexibility index (Phi) is 29.2. The van der Waals surface area contributed by atoms with Crippen LogP contribution in [0.2, 0.25) is 0 Å². The zero-order chi connectivity index (χ0) is 39.9. The fraction of sp³-hybridized carbons (Fsp3) is 0.756. The summed E-state index contributed by atoms with van der Waals surface area (Å²) in [6.07, 6.45) is 26.0. The highest BCUT2D eigenvalue weighted by Crippen LogP contribution is 2.24. The largest absolute Gasteiger partial charge is 0.462 e. The zero-order valence-corrected chi connectivity index (χ0v) is 33.6. The minimum absolute atomic E-state index is 0.136. The number of carbonyl (C=O) groups excluding carboxylic acids is 2. The highest BCUT2D eigenvalue weighted by molar-refractivity contribution is 7.85. The maximum absolute atomic E-state index is 12.7. The van der Waals surface area contributed by atoms with Gasteiger partial charge in [0, 0.05) is 12.8 Å². The van der Waals surface area contributed by atoms with Crippen LogP contribution < -0.4 is 0 Å². The predicted molar refractivity (Wildman–Crippen MR) is 210 cm³/mol. The second-order valence-electron chi connectivity index (χ2n) is 13.9. The molecule has 0 bridgehead atoms. The van der Waals surface area contributed by atoms with E-state index in [0.717, 1.165) is 70.6 Å². The number of aliphatic hydroxyl groups excluding tert-OH is 3. The van der Waals surface area contributed by atoms with E-state index in [-0.39, 0.29) is 19.4 Å². The van der Waals surface area contributed by atoms with Crippen LogP contribution in [0.15, 0.2) is 48.6 Å². The second-order valence-corrected chi connectivity index (χ2v) is 15.4. The van der Waals surface area contributed by atoms with Gasteiger partial charge in [0.15, 0.2) is 12.4 Å². The average Bonchev–Trinajstić information content (AvgIpc) is 3.13. The number of allylic oxidation sites excluding steroid dienone is 8. The Morgan fingerprint density at radius 1 is 0.648 bits per heavy atom. The SMILES string of the molecule is CC/C=C\C/C=C\C/C=C\C/C=C\CCCCCCC(=O)OC(COC(=O)CCCCCCCCCCC)COC1OC(CS(=O)(=O)O)C(O)C(O)C1O. The predicted octanol–water partition coefficient (Wildman–Crippen LogP) is 7.22. The fourth-order valence-electron chi connectivity index (χ4n) is 5.78. The van der Waals surface area contributed by atoms with Gasteiger partial charge in [-0.15, -0.1) is 0 Å². The first-order valence-electron chi connectivity index (χ1n) is 20.2. The lowest BCUT2D eigenvalue weighted by Crippen LogP contribution is -2.60. The van der Waals surface area contributed by atoms with Crippen molar-refractivity contribution in [2.24, 2.45) is 0 Å². The maximum atomic E-state index is 12.7. The van der Waals surface area contributed by atoms with Crippen molar-refractivity contribution in [3.8, 4) is 0 Å². The summed E-state index contributed by atoms with van der Waals surface area (Å²) in [6, 6.07) is 0. The summed E-state index contributed by atoms with van der Waals surface area (Å²) in [4.78, 5) is 25.2. The third-order valence-corrected chi connectivity index (χ3v) is 9.67. The molecule has 6 atom stereocenters. The summed E-state index contributed by atoms with van der Waals surface area (Å²) >= 11 is 0. The van der Waals surface area contributed by atoms with E-state index in [1.54, 1.807) is 0 Å². The lowest BCUT2D eigenvalue weighted by Gasteiger charge is -2.40. The Bertz CT molecular complexity index is 1200. The Morgan fingerprint density at radius 2 is 1.17 bits per heavy atom. The van der Waals surface area contributed by atoms with Crippen molar-refractivity contribution in [3.63, 3.8) is 0 Å². The van der Waals surface area contributed by atoms with Gasteiger partial charge in [-0.2, -0.15) is 8.42 Å². The number of aliphatic hydroxyl groups is 3. The van der Waals surface area contributed by atoms with Crippen LogP contribution in [-0.4, -0.2) is 96.0 Å². The Morgan fingerprint density at radius 3 is 1.74 bits per heavy atom. The van der Waals surface area contributed by atoms with Crippen molar-refractivity contribution in [1.82, 2.24) is 0 Å². The molecule has 0 aromatic heterocycles. The molecule has 1 fully saturated rings. The molecule has 0 aromatic carbocycles. The van der Waals surface area contributed by atoms with E-state index in [2.05, 4.69) is 62.5 Å². The maximum Gasteiger partial charge on any atom is 0.306 e. The molecule has 0 aliphatic carbocycles. The van der Waals surface area contributed by atoms with Gasteiger partial charge in [-0.1, -0.05) is 127 Å². The number of carbonyl (C=O) groups is 2. The third kappa shape index (κ3) is 26.4. The molecular formula is C41H70O12S. The highest BCUT2D eigenvalue weighted by Gasteiger charge is 2.46. The van der Waals surface area contributed by atoms with Crippen LogP contribution >= 0.6 is 0 Å². The van der Waals surface area contributed by atoms with E-state index < -0.39 is 71.2 Å². The lowest BCUT2D eigenvalue weighted by molar-refractivity contribution is -0.297. The number of rotatable bonds is 32. The van der Waals surface area contributed by atoms with Crippen LogP contribution in [0.1, 0.15) is 142 Å². The minimum atomic E-state index is -4.60. The summed E-state index contributed by atoms with van der Waals surface area (Å²) in [5, 5.41) is 30.8. The molecule has 0 radical (unpaired) electrons. The van der Waals surface area contributed by atoms with Crippen LogP contribution in [0.25, 0.3) is 0 Å². The molecular weight excluding hydrogens is 717 g/mol. The molecule has 12 nitrogen and oxygen atoms in total. The van der Waals surface area contributed by atoms with Gasteiger partial charge in [-0.3, -0.25) is 14.1 Å². The van der Waals surface area contributed by atoms with E-state index in [1.807, 2.05) is 0 Å². The first-order valence-corrected chi connectivity index (χ1v) is 21.8. The van der Waals surface area contributed by atoms with Crippen molar-refractivity contribution in [1.29, 1.82) is 0 Å². The quantitative estimate of drug-likeness (QED) is 0.0233. The monoisotopic (exact) mass is 786 g/mol. The summed E-state index contributed by atoms with van der Waals surface area (Å²) in [5.74, 6) is -2.02. The number of ether oxygens (including phenoxy) is 4. The van der Waals surface area contributed by atoms with Gasteiger partial charge in [0.25, 0.3) is 10.1 Å². The molecule has 1 rings (SSSR count). The van der Waals surface area contributed by atoms with Gasteiger partial charge in [0.1, 0.15) is 36.8 Å². The Labute approximate surface area is 324 Å². The summed E-state index contributed by atoms with van der Waals surface area (Å²) in [6.45, 7) is 3.57. The Hall–Kier alpha value is -2.39. The second kappa shape index (κ2) is 31.8. The van der Waals surface area contributed by atoms with Gasteiger partial charge in [0.2, 0.25) is 0 Å². The van der Waals surface area contributed by atoms with Gasteiger partial charge < -0.3 is 34.3 Å². The lowest BCUT2D eigenvalue weighted by atomic mass is 10.00. The smallest absolute Gasteiger partial charge is 0.306 e. The van der Waals surface area contributed by atoms with Crippen molar-refractivity contribution >= 4 is 22.1 Å². The number of hydrogen-bond acceptors (Lipinski definition) is 11. The summed E-state index contributed by atoms with van der Waals surface area (Å²) in [7, 11) is -4.60. The van der Waals surface area contributed by atoms with E-state index in [9.17, 15) is 37.9 Å². The average molecular weight is 787 g/mol. The van der Waals surface area contributed by atoms with E-state index in [0.29, 0.717) is 12.8 Å². The zero-order valence-electron chi connectivity index (χ0n) is 32.8. The molecule has 1 saturated heterocycles. The molecule has 4 N–H and O–H groups in total. The molecule has 0 saturated carbocycles. The molecule has 0 spiro atoms. The van der Waals surface area contributed by atoms with Crippen molar-refractivity contribution in [2.75, 3.05) is 19.0 Å². The van der Waals surface area contributed by atoms with Crippen LogP contribution in [-0.2, 0) is 38.7 Å². The normalized spacial score (nSPS) is 21.5. The number of hydrogen-bond donors (Lipinski definition) is 4. The van der Waals surface area contributed by atoms with E-state index in [4.69, 9.17) is 18.9 Å². The minimum Gasteiger partial charge on any atom is -0.462 e. The van der Waals surface area contributed by atoms with E-state index in [1.165, 1.54) is 32.1 Å². The fourth-order valence-corrected chi connectivity index (χ4v) is 6.47. The third-order valence-electron chi connectivity index (χ3n) is 8.92. The topological polar surface area (TPSA) is 186 Å². The van der Waals surface area contributed by atoms with Gasteiger partial charge >= 0.3 is 11.9 Å². The van der Waals surface area contributed by atoms with Gasteiger partial charge in [-0.25, -0.2) is 0 Å². The molecule has 6 unspecified atom stereocenters. The first-order chi connectivity index (χ1) is 26.0. The van der Waals surface area contributed by atoms with Crippen LogP contribution in [0.4, 0.5) is 0 Å². The Balaban J connectivity index is 2.51. The molecule has 1 heterocycles. The molecule has 13 heteroatoms. The van der Waals surface area contributed by atoms with Crippen LogP contribution in [0.5, 0.6) is 0 Å². The molecule has 0 aromatic rings. The molecule has 54 heavy (non-hydrogen) atoms. The molecule has 312 valence electrons. The molecule has 1 aliphatic heterocycles. The number of unbranched alkanes of at least 4 members (excludes halogenated alkanes) is 12. The van der Waals surface area contributed by atoms with Gasteiger partial charge in [-0.05, 0) is 51.4 Å². The summed E-state index contributed by atoms with van der Waals surface area (Å²) in [5.41, 5.74) is 0. The van der Waals surface area contributed by atoms with Crippen LogP contribution in [0, 0.1) is 0 Å². The standard InChI is InChI=1S/C41H70O12S/c1-3-5-7-9-11-13-14-15-16-17-18-19-20-22-24-26-28-30-37(43)52-34(31-50-36(42)29-27-25-23-21-12-10-8-6-4-2)32-51-41-40(46)39(45)38(44)35(53-41)33-54(47,48)49/h5,7,11,13,15-16,18-19,34-35,38-41,44-46H,3-4,6,8-10,12,14,17,20-33H2,1-2H3,(H,47,48,49)/b7-5-,13-11-,16-15-,19-18-.